The summed E-state index contributed by atoms with van der Waals surface area (Å²) in [7, 11) is -4.85. The van der Waals surface area contributed by atoms with Crippen LogP contribution in [0.2, 0.25) is 0 Å². The number of allylic oxidation sites excluding steroid dienone is 2. The molecule has 0 heterocycles. The van der Waals surface area contributed by atoms with Gasteiger partial charge in [-0.05, 0) is 67.8 Å². The van der Waals surface area contributed by atoms with E-state index < -0.39 is 36.3 Å². The molecule has 112 valence electrons. The van der Waals surface area contributed by atoms with Crippen molar-refractivity contribution in [2.45, 2.75) is 3.42 Å². The number of aliphatic carboxylic acids is 2. The third-order valence-corrected chi connectivity index (χ3v) is 12.1. The SMILES string of the molecule is O=C(O)C1C(S(=O)(=O)O)=C(I)C(I)=C(I)C1(I)C(=O)O. The van der Waals surface area contributed by atoms with Crippen molar-refractivity contribution in [1.29, 1.82) is 0 Å². The van der Waals surface area contributed by atoms with Crippen molar-refractivity contribution in [2.75, 3.05) is 0 Å². The Morgan fingerprint density at radius 3 is 1.85 bits per heavy atom. The third-order valence-electron chi connectivity index (χ3n) is 2.42. The van der Waals surface area contributed by atoms with Crippen molar-refractivity contribution in [3.8, 4) is 0 Å². The molecule has 12 heteroatoms. The van der Waals surface area contributed by atoms with Crippen LogP contribution in [0.3, 0.4) is 0 Å². The van der Waals surface area contributed by atoms with E-state index in [-0.39, 0.29) is 10.7 Å². The van der Waals surface area contributed by atoms with E-state index in [4.69, 9.17) is 0 Å². The molecule has 0 spiro atoms. The number of alkyl halides is 1. The van der Waals surface area contributed by atoms with Gasteiger partial charge in [0, 0.05) is 10.7 Å². The van der Waals surface area contributed by atoms with E-state index in [1.54, 1.807) is 67.8 Å². The molecule has 0 fully saturated rings. The van der Waals surface area contributed by atoms with Gasteiger partial charge in [0.25, 0.3) is 10.1 Å². The van der Waals surface area contributed by atoms with Crippen molar-refractivity contribution in [2.24, 2.45) is 5.92 Å². The van der Waals surface area contributed by atoms with Gasteiger partial charge < -0.3 is 10.2 Å². The van der Waals surface area contributed by atoms with Gasteiger partial charge >= 0.3 is 11.9 Å². The van der Waals surface area contributed by atoms with E-state index in [9.17, 15) is 32.8 Å². The van der Waals surface area contributed by atoms with Crippen LogP contribution in [0.15, 0.2) is 15.6 Å². The number of carbonyl (C=O) groups is 2. The second kappa shape index (κ2) is 6.40. The van der Waals surface area contributed by atoms with Crippen LogP contribution in [0.5, 0.6) is 0 Å². The van der Waals surface area contributed by atoms with Crippen LogP contribution in [0.1, 0.15) is 0 Å². The first-order chi connectivity index (χ1) is 8.86. The molecule has 3 N–H and O–H groups in total. The van der Waals surface area contributed by atoms with Gasteiger partial charge in [0.1, 0.15) is 10.8 Å². The molecule has 0 aromatic carbocycles. The Morgan fingerprint density at radius 2 is 1.55 bits per heavy atom. The molecule has 0 radical (unpaired) electrons. The van der Waals surface area contributed by atoms with Gasteiger partial charge in [-0.15, -0.1) is 0 Å². The smallest absolute Gasteiger partial charge is 0.325 e. The van der Waals surface area contributed by atoms with Gasteiger partial charge in [-0.25, -0.2) is 0 Å². The number of rotatable bonds is 3. The summed E-state index contributed by atoms with van der Waals surface area (Å²) in [5.74, 6) is -5.04. The number of carboxylic acids is 2. The summed E-state index contributed by atoms with van der Waals surface area (Å²) in [6.45, 7) is 0. The summed E-state index contributed by atoms with van der Waals surface area (Å²) in [6, 6.07) is 0. The highest BCUT2D eigenvalue weighted by atomic mass is 127. The quantitative estimate of drug-likeness (QED) is 0.230. The molecule has 2 atom stereocenters. The van der Waals surface area contributed by atoms with Crippen LogP contribution < -0.4 is 0 Å². The van der Waals surface area contributed by atoms with Gasteiger partial charge in [-0.2, -0.15) is 8.42 Å². The van der Waals surface area contributed by atoms with Crippen LogP contribution in [0.4, 0.5) is 0 Å². The van der Waals surface area contributed by atoms with E-state index in [1.165, 1.54) is 22.6 Å². The number of hydrogen-bond acceptors (Lipinski definition) is 4. The molecule has 0 bridgehead atoms. The fourth-order valence-electron chi connectivity index (χ4n) is 1.56. The minimum absolute atomic E-state index is 0.0102. The summed E-state index contributed by atoms with van der Waals surface area (Å²) in [5, 5.41) is 18.6. The van der Waals surface area contributed by atoms with E-state index >= 15 is 0 Å². The predicted molar refractivity (Wildman–Crippen MR) is 103 cm³/mol. The molecule has 0 aromatic rings. The molecule has 2 unspecified atom stereocenters. The summed E-state index contributed by atoms with van der Waals surface area (Å²) >= 11 is 6.39. The zero-order valence-corrected chi connectivity index (χ0v) is 18.4. The van der Waals surface area contributed by atoms with Gasteiger partial charge in [0.05, 0.1) is 0 Å². The van der Waals surface area contributed by atoms with Crippen LogP contribution >= 0.6 is 90.4 Å². The largest absolute Gasteiger partial charge is 0.481 e. The molecular weight excluding hydrogens is 748 g/mol. The number of hydrogen-bond donors (Lipinski definition) is 3. The molecule has 0 aromatic heterocycles. The average Bonchev–Trinajstić information content (AvgIpc) is 2.28. The molecule has 0 amide bonds. The summed E-state index contributed by atoms with van der Waals surface area (Å²) < 4.78 is 30.7. The second-order valence-corrected chi connectivity index (χ2v) is 9.90. The lowest BCUT2D eigenvalue weighted by atomic mass is 9.88. The normalized spacial score (nSPS) is 27.8. The first kappa shape index (κ1) is 19.3. The molecule has 0 aliphatic heterocycles. The van der Waals surface area contributed by atoms with Crippen LogP contribution in [0.25, 0.3) is 0 Å². The Kier molecular flexibility index (Phi) is 6.17. The molecule has 1 aliphatic rings. The second-order valence-electron chi connectivity index (χ2n) is 3.57. The highest BCUT2D eigenvalue weighted by Crippen LogP contribution is 2.54. The minimum Gasteiger partial charge on any atom is -0.481 e. The van der Waals surface area contributed by atoms with E-state index in [0.29, 0.717) is 0 Å². The minimum atomic E-state index is -4.85. The van der Waals surface area contributed by atoms with Crippen LogP contribution in [-0.4, -0.2) is 38.5 Å². The molecule has 7 nitrogen and oxygen atoms in total. The highest BCUT2D eigenvalue weighted by molar-refractivity contribution is 14.1. The van der Waals surface area contributed by atoms with Crippen molar-refractivity contribution in [3.63, 3.8) is 0 Å². The molecular formula is C8H4I4O7S. The fourth-order valence-corrected chi connectivity index (χ4v) is 7.68. The number of carboxylic acid groups (broad SMARTS) is 2. The van der Waals surface area contributed by atoms with Gasteiger partial charge in [0.2, 0.25) is 0 Å². The van der Waals surface area contributed by atoms with E-state index in [1.807, 2.05) is 0 Å². The fraction of sp³-hybridized carbons (Fsp3) is 0.250. The third kappa shape index (κ3) is 3.13. The Labute approximate surface area is 167 Å². The topological polar surface area (TPSA) is 129 Å². The van der Waals surface area contributed by atoms with Gasteiger partial charge in [0.15, 0.2) is 3.42 Å². The van der Waals surface area contributed by atoms with Gasteiger partial charge in [-0.1, -0.05) is 22.6 Å². The first-order valence-corrected chi connectivity index (χ1v) is 10.2. The number of halogens is 4. The predicted octanol–water partition coefficient (Wildman–Crippen LogP) is 2.58. The standard InChI is InChI=1S/C8H4I4O7S/c9-2-3(10)5(11)8(12,7(15)16)1(6(13)14)4(2)20(17,18)19/h1H,(H,13,14)(H,15,16)(H,17,18,19). The van der Waals surface area contributed by atoms with Crippen LogP contribution in [-0.2, 0) is 19.7 Å². The zero-order chi connectivity index (χ0) is 16.0. The monoisotopic (exact) mass is 752 g/mol. The van der Waals surface area contributed by atoms with Crippen molar-refractivity contribution >= 4 is 112 Å². The summed E-state index contributed by atoms with van der Waals surface area (Å²) in [5.41, 5.74) is 0. The maximum Gasteiger partial charge on any atom is 0.325 e. The highest BCUT2D eigenvalue weighted by Gasteiger charge is 2.58. The lowest BCUT2D eigenvalue weighted by Crippen LogP contribution is -2.48. The Hall–Kier alpha value is 1.25. The summed E-state index contributed by atoms with van der Waals surface area (Å²) in [6.07, 6.45) is 0. The Bertz CT molecular complexity index is 664. The molecule has 1 aliphatic carbocycles. The first-order valence-electron chi connectivity index (χ1n) is 4.45. The summed E-state index contributed by atoms with van der Waals surface area (Å²) in [4.78, 5) is 22.1. The van der Waals surface area contributed by atoms with E-state index in [2.05, 4.69) is 0 Å². The lowest BCUT2D eigenvalue weighted by Gasteiger charge is -2.34. The Morgan fingerprint density at radius 1 is 1.10 bits per heavy atom. The van der Waals surface area contributed by atoms with Crippen molar-refractivity contribution in [3.05, 3.63) is 15.6 Å². The molecule has 0 saturated carbocycles. The van der Waals surface area contributed by atoms with Crippen molar-refractivity contribution < 1.29 is 32.8 Å². The van der Waals surface area contributed by atoms with Crippen molar-refractivity contribution in [1.82, 2.24) is 0 Å². The average molecular weight is 752 g/mol. The van der Waals surface area contributed by atoms with E-state index in [0.717, 1.165) is 0 Å². The molecule has 0 saturated heterocycles. The zero-order valence-electron chi connectivity index (χ0n) is 8.97. The maximum absolute atomic E-state index is 11.5. The van der Waals surface area contributed by atoms with Crippen LogP contribution in [0, 0.1) is 5.92 Å². The molecule has 1 rings (SSSR count). The Balaban J connectivity index is 3.90. The van der Waals surface area contributed by atoms with Gasteiger partial charge in [-0.3, -0.25) is 14.1 Å². The maximum atomic E-state index is 11.5. The lowest BCUT2D eigenvalue weighted by molar-refractivity contribution is -0.147. The molecule has 20 heavy (non-hydrogen) atoms.